The van der Waals surface area contributed by atoms with Crippen LogP contribution in [0, 0.1) is 0 Å². The van der Waals surface area contributed by atoms with Gasteiger partial charge in [0.05, 0.1) is 11.2 Å². The maximum absolute atomic E-state index is 10.7. The first-order valence-electron chi connectivity index (χ1n) is 3.65. The second-order valence-electron chi connectivity index (χ2n) is 2.63. The molecule has 0 bridgehead atoms. The van der Waals surface area contributed by atoms with E-state index in [9.17, 15) is 4.79 Å². The number of anilines is 1. The molecule has 4 N–H and O–H groups in total. The first-order valence-corrected chi connectivity index (χ1v) is 3.65. The van der Waals surface area contributed by atoms with E-state index < -0.39 is 5.97 Å². The van der Waals surface area contributed by atoms with Crippen LogP contribution >= 0.6 is 0 Å². The van der Waals surface area contributed by atoms with Crippen LogP contribution in [0.2, 0.25) is 0 Å². The summed E-state index contributed by atoms with van der Waals surface area (Å²) in [7, 11) is 0. The Kier molecular flexibility index (Phi) is 1.45. The minimum atomic E-state index is -1.01. The van der Waals surface area contributed by atoms with Crippen molar-refractivity contribution in [1.82, 2.24) is 9.97 Å². The van der Waals surface area contributed by atoms with Crippen molar-refractivity contribution >= 4 is 22.7 Å². The molecule has 5 nitrogen and oxygen atoms in total. The van der Waals surface area contributed by atoms with Gasteiger partial charge in [0.25, 0.3) is 0 Å². The summed E-state index contributed by atoms with van der Waals surface area (Å²) >= 11 is 0. The highest BCUT2D eigenvalue weighted by atomic mass is 16.4. The fourth-order valence-corrected chi connectivity index (χ4v) is 1.21. The normalized spacial score (nSPS) is 10.5. The molecule has 0 aliphatic heterocycles. The lowest BCUT2D eigenvalue weighted by molar-refractivity contribution is 0.0699. The molecule has 66 valence electrons. The summed E-state index contributed by atoms with van der Waals surface area (Å²) in [5.74, 6) is -1.01. The molecular formula is C8H7N3O2. The highest BCUT2D eigenvalue weighted by Gasteiger charge is 2.12. The second kappa shape index (κ2) is 2.48. The zero-order chi connectivity index (χ0) is 9.42. The zero-order valence-electron chi connectivity index (χ0n) is 6.61. The summed E-state index contributed by atoms with van der Waals surface area (Å²) in [5.41, 5.74) is 7.21. The summed E-state index contributed by atoms with van der Waals surface area (Å²) in [6.07, 6.45) is 2.87. The van der Waals surface area contributed by atoms with Crippen molar-refractivity contribution in [2.45, 2.75) is 0 Å². The van der Waals surface area contributed by atoms with E-state index in [1.807, 2.05) is 0 Å². The molecule has 0 fully saturated rings. The van der Waals surface area contributed by atoms with Gasteiger partial charge in [-0.3, -0.25) is 4.98 Å². The molecule has 2 aromatic rings. The van der Waals surface area contributed by atoms with E-state index in [1.165, 1.54) is 12.4 Å². The quantitative estimate of drug-likeness (QED) is 0.601. The van der Waals surface area contributed by atoms with E-state index >= 15 is 0 Å². The average Bonchev–Trinajstić information content (AvgIpc) is 2.48. The van der Waals surface area contributed by atoms with Gasteiger partial charge >= 0.3 is 5.97 Å². The topological polar surface area (TPSA) is 92.0 Å². The SMILES string of the molecule is Nc1ccnc2c(C(=O)O)c[nH]c12. The van der Waals surface area contributed by atoms with E-state index in [4.69, 9.17) is 10.8 Å². The number of carbonyl (C=O) groups is 1. The Morgan fingerprint density at radius 1 is 1.62 bits per heavy atom. The molecule has 0 aliphatic rings. The Bertz CT molecular complexity index is 475. The van der Waals surface area contributed by atoms with Gasteiger partial charge in [0.1, 0.15) is 11.1 Å². The Balaban J connectivity index is 2.83. The third kappa shape index (κ3) is 1.01. The molecular weight excluding hydrogens is 170 g/mol. The average molecular weight is 177 g/mol. The van der Waals surface area contributed by atoms with Crippen molar-refractivity contribution < 1.29 is 9.90 Å². The Morgan fingerprint density at radius 2 is 2.38 bits per heavy atom. The molecule has 2 heterocycles. The number of rotatable bonds is 1. The molecule has 13 heavy (non-hydrogen) atoms. The number of nitrogens with zero attached hydrogens (tertiary/aromatic N) is 1. The van der Waals surface area contributed by atoms with E-state index in [0.717, 1.165) is 0 Å². The molecule has 2 rings (SSSR count). The Morgan fingerprint density at radius 3 is 3.08 bits per heavy atom. The molecule has 0 saturated carbocycles. The number of aromatic amines is 1. The van der Waals surface area contributed by atoms with Crippen LogP contribution in [-0.2, 0) is 0 Å². The summed E-state index contributed by atoms with van der Waals surface area (Å²) < 4.78 is 0. The third-order valence-electron chi connectivity index (χ3n) is 1.83. The minimum absolute atomic E-state index is 0.141. The van der Waals surface area contributed by atoms with Crippen molar-refractivity contribution in [3.05, 3.63) is 24.0 Å². The van der Waals surface area contributed by atoms with Gasteiger partial charge in [0.2, 0.25) is 0 Å². The molecule has 0 saturated heterocycles. The van der Waals surface area contributed by atoms with Crippen LogP contribution in [0.4, 0.5) is 5.69 Å². The maximum Gasteiger partial charge on any atom is 0.339 e. The van der Waals surface area contributed by atoms with Crippen molar-refractivity contribution in [2.24, 2.45) is 0 Å². The van der Waals surface area contributed by atoms with Crippen LogP contribution in [0.3, 0.4) is 0 Å². The number of aromatic carboxylic acids is 1. The van der Waals surface area contributed by atoms with Gasteiger partial charge in [0.15, 0.2) is 0 Å². The van der Waals surface area contributed by atoms with Gasteiger partial charge < -0.3 is 15.8 Å². The molecule has 2 aromatic heterocycles. The van der Waals surface area contributed by atoms with Crippen LogP contribution in [0.25, 0.3) is 11.0 Å². The van der Waals surface area contributed by atoms with Crippen LogP contribution in [0.1, 0.15) is 10.4 Å². The Hall–Kier alpha value is -2.04. The maximum atomic E-state index is 10.7. The van der Waals surface area contributed by atoms with E-state index in [0.29, 0.717) is 16.7 Å². The molecule has 0 aliphatic carbocycles. The number of hydrogen-bond acceptors (Lipinski definition) is 3. The fourth-order valence-electron chi connectivity index (χ4n) is 1.21. The standard InChI is InChI=1S/C8H7N3O2/c9-5-1-2-10-6-4(8(12)13)3-11-7(5)6/h1-3,11H,(H2,9,10)(H,12,13). The van der Waals surface area contributed by atoms with E-state index in [2.05, 4.69) is 9.97 Å². The molecule has 0 amide bonds. The van der Waals surface area contributed by atoms with Gasteiger partial charge in [0, 0.05) is 12.4 Å². The predicted octanol–water partition coefficient (Wildman–Crippen LogP) is 0.843. The highest BCUT2D eigenvalue weighted by molar-refractivity contribution is 6.04. The molecule has 0 radical (unpaired) electrons. The third-order valence-corrected chi connectivity index (χ3v) is 1.83. The van der Waals surface area contributed by atoms with Crippen molar-refractivity contribution in [1.29, 1.82) is 0 Å². The highest BCUT2D eigenvalue weighted by Crippen LogP contribution is 2.20. The lowest BCUT2D eigenvalue weighted by Crippen LogP contribution is -1.95. The summed E-state index contributed by atoms with van der Waals surface area (Å²) in [6, 6.07) is 1.62. The van der Waals surface area contributed by atoms with Crippen LogP contribution < -0.4 is 5.73 Å². The van der Waals surface area contributed by atoms with Gasteiger partial charge in [-0.1, -0.05) is 0 Å². The van der Waals surface area contributed by atoms with Gasteiger partial charge in [-0.15, -0.1) is 0 Å². The number of nitrogen functional groups attached to an aromatic ring is 1. The first-order chi connectivity index (χ1) is 6.20. The Labute approximate surface area is 73.2 Å². The predicted molar refractivity (Wildman–Crippen MR) is 47.5 cm³/mol. The number of H-pyrrole nitrogens is 1. The van der Waals surface area contributed by atoms with E-state index in [1.54, 1.807) is 6.07 Å². The van der Waals surface area contributed by atoms with E-state index in [-0.39, 0.29) is 5.56 Å². The van der Waals surface area contributed by atoms with Crippen LogP contribution in [0.15, 0.2) is 18.5 Å². The molecule has 5 heteroatoms. The number of nitrogens with one attached hydrogen (secondary N) is 1. The number of carboxylic acids is 1. The number of hydrogen-bond donors (Lipinski definition) is 3. The largest absolute Gasteiger partial charge is 0.478 e. The second-order valence-corrected chi connectivity index (χ2v) is 2.63. The number of nitrogens with two attached hydrogens (primary N) is 1. The number of pyridine rings is 1. The summed E-state index contributed by atoms with van der Waals surface area (Å²) in [5, 5.41) is 8.76. The lowest BCUT2D eigenvalue weighted by Gasteiger charge is -1.94. The number of carboxylic acid groups (broad SMARTS) is 1. The molecule has 0 spiro atoms. The van der Waals surface area contributed by atoms with Crippen LogP contribution in [-0.4, -0.2) is 21.0 Å². The zero-order valence-corrected chi connectivity index (χ0v) is 6.61. The monoisotopic (exact) mass is 177 g/mol. The van der Waals surface area contributed by atoms with Gasteiger partial charge in [-0.2, -0.15) is 0 Å². The van der Waals surface area contributed by atoms with Gasteiger partial charge in [-0.05, 0) is 6.07 Å². The summed E-state index contributed by atoms with van der Waals surface area (Å²) in [4.78, 5) is 17.4. The van der Waals surface area contributed by atoms with Crippen molar-refractivity contribution in [2.75, 3.05) is 5.73 Å². The molecule has 0 atom stereocenters. The fraction of sp³-hybridized carbons (Fsp3) is 0. The lowest BCUT2D eigenvalue weighted by atomic mass is 10.2. The van der Waals surface area contributed by atoms with Crippen LogP contribution in [0.5, 0.6) is 0 Å². The number of aromatic nitrogens is 2. The minimum Gasteiger partial charge on any atom is -0.478 e. The van der Waals surface area contributed by atoms with Gasteiger partial charge in [-0.25, -0.2) is 4.79 Å². The first kappa shape index (κ1) is 7.60. The summed E-state index contributed by atoms with van der Waals surface area (Å²) in [6.45, 7) is 0. The molecule has 0 unspecified atom stereocenters. The molecule has 0 aromatic carbocycles. The number of fused-ring (bicyclic) bond motifs is 1. The van der Waals surface area contributed by atoms with Crippen molar-refractivity contribution in [3.63, 3.8) is 0 Å². The smallest absolute Gasteiger partial charge is 0.339 e. The van der Waals surface area contributed by atoms with Crippen molar-refractivity contribution in [3.8, 4) is 0 Å².